The van der Waals surface area contributed by atoms with Crippen LogP contribution in [-0.2, 0) is 30.1 Å². The molecule has 0 aromatic heterocycles. The molecule has 2 atom stereocenters. The van der Waals surface area contributed by atoms with E-state index in [1.807, 2.05) is 66.7 Å². The fraction of sp³-hybridized carbons (Fsp3) is 0.147. The molecule has 0 aliphatic carbocycles. The topological polar surface area (TPSA) is 140 Å². The number of carbonyl (C=O) groups excluding carboxylic acids is 1. The number of amidine groups is 2. The number of hydrogen-bond acceptors (Lipinski definition) is 10. The Morgan fingerprint density at radius 3 is 1.72 bits per heavy atom. The standard InChI is InChI=1S/C19H15BrN2O4.C15H10BrIN2O2/c1-24-17(23)7-3-11-2-5-15-13(8-11)19(10-25-18(21)22-19)14-9-12(20)4-6-16(14)26-15;16-8-1-3-12-10(5-8)15(7-20-14(18)19-15)11-6-9(17)2-4-13(11)21-12/h2-9H,10H2,1H3,(H2,21,22);1-6H,7H2,(H2,18,19)/b7-3+;/t19-;15-/m01/s1. The number of aliphatic imine (C=N–C) groups is 2. The maximum Gasteiger partial charge on any atom is 0.330 e. The molecule has 4 heterocycles. The van der Waals surface area contributed by atoms with Crippen molar-refractivity contribution in [2.24, 2.45) is 21.5 Å². The second-order valence-corrected chi connectivity index (χ2v) is 14.0. The molecule has 4 aliphatic rings. The van der Waals surface area contributed by atoms with Gasteiger partial charge < -0.3 is 35.2 Å². The molecule has 0 fully saturated rings. The van der Waals surface area contributed by atoms with Crippen LogP contribution in [0.25, 0.3) is 6.08 Å². The maximum absolute atomic E-state index is 11.4. The first-order valence-corrected chi connectivity index (χ1v) is 16.9. The first kappa shape index (κ1) is 31.5. The molecule has 47 heavy (non-hydrogen) atoms. The van der Waals surface area contributed by atoms with E-state index in [0.717, 1.165) is 51.8 Å². The molecule has 0 amide bonds. The summed E-state index contributed by atoms with van der Waals surface area (Å²) in [6.07, 6.45) is 3.05. The van der Waals surface area contributed by atoms with Crippen LogP contribution in [0.1, 0.15) is 27.8 Å². The van der Waals surface area contributed by atoms with E-state index >= 15 is 0 Å². The minimum atomic E-state index is -0.786. The number of rotatable bonds is 2. The summed E-state index contributed by atoms with van der Waals surface area (Å²) >= 11 is 9.30. The summed E-state index contributed by atoms with van der Waals surface area (Å²) in [4.78, 5) is 20.6. The summed E-state index contributed by atoms with van der Waals surface area (Å²) in [5.41, 5.74) is 14.7. The van der Waals surface area contributed by atoms with Gasteiger partial charge in [-0.05, 0) is 101 Å². The van der Waals surface area contributed by atoms with Gasteiger partial charge in [-0.2, -0.15) is 0 Å². The van der Waals surface area contributed by atoms with Crippen LogP contribution in [-0.4, -0.2) is 38.3 Å². The Bertz CT molecular complexity index is 2000. The molecule has 4 aromatic rings. The van der Waals surface area contributed by atoms with Crippen molar-refractivity contribution in [3.8, 4) is 23.0 Å². The van der Waals surface area contributed by atoms with Gasteiger partial charge in [-0.1, -0.05) is 37.9 Å². The summed E-state index contributed by atoms with van der Waals surface area (Å²) in [6.45, 7) is 0.668. The van der Waals surface area contributed by atoms with Gasteiger partial charge in [-0.3, -0.25) is 0 Å². The largest absolute Gasteiger partial charge is 0.466 e. The summed E-state index contributed by atoms with van der Waals surface area (Å²) in [5, 5.41) is 0. The van der Waals surface area contributed by atoms with Gasteiger partial charge in [0.05, 0.1) is 7.11 Å². The predicted octanol–water partition coefficient (Wildman–Crippen LogP) is 7.08. The summed E-state index contributed by atoms with van der Waals surface area (Å²) in [7, 11) is 1.34. The number of carbonyl (C=O) groups is 1. The number of fused-ring (bicyclic) bond motifs is 8. The van der Waals surface area contributed by atoms with Crippen LogP contribution in [0.5, 0.6) is 23.0 Å². The van der Waals surface area contributed by atoms with Crippen LogP contribution in [0.15, 0.2) is 97.8 Å². The molecule has 0 saturated carbocycles. The van der Waals surface area contributed by atoms with Crippen molar-refractivity contribution in [2.45, 2.75) is 11.1 Å². The quantitative estimate of drug-likeness (QED) is 0.124. The van der Waals surface area contributed by atoms with E-state index in [9.17, 15) is 4.79 Å². The highest BCUT2D eigenvalue weighted by atomic mass is 127. The lowest BCUT2D eigenvalue weighted by Crippen LogP contribution is -2.31. The van der Waals surface area contributed by atoms with Crippen LogP contribution >= 0.6 is 54.5 Å². The fourth-order valence-corrected chi connectivity index (χ4v) is 7.19. The number of hydrogen-bond donors (Lipinski definition) is 2. The maximum atomic E-state index is 11.4. The zero-order valence-corrected chi connectivity index (χ0v) is 30.0. The van der Waals surface area contributed by atoms with Crippen LogP contribution in [0.3, 0.4) is 0 Å². The Morgan fingerprint density at radius 2 is 1.23 bits per heavy atom. The molecule has 0 saturated heterocycles. The minimum Gasteiger partial charge on any atom is -0.466 e. The lowest BCUT2D eigenvalue weighted by atomic mass is 9.81. The van der Waals surface area contributed by atoms with E-state index < -0.39 is 17.0 Å². The van der Waals surface area contributed by atoms with Gasteiger partial charge in [0.2, 0.25) is 0 Å². The monoisotopic (exact) mass is 870 g/mol. The molecule has 238 valence electrons. The smallest absolute Gasteiger partial charge is 0.330 e. The Kier molecular flexibility index (Phi) is 8.17. The van der Waals surface area contributed by atoms with Gasteiger partial charge in [0.25, 0.3) is 12.0 Å². The van der Waals surface area contributed by atoms with Crippen molar-refractivity contribution < 1.29 is 28.5 Å². The van der Waals surface area contributed by atoms with Crippen molar-refractivity contribution in [3.63, 3.8) is 0 Å². The first-order valence-electron chi connectivity index (χ1n) is 14.2. The van der Waals surface area contributed by atoms with Gasteiger partial charge in [0.1, 0.15) is 36.2 Å². The second kappa shape index (κ2) is 12.2. The third kappa shape index (κ3) is 5.63. The van der Waals surface area contributed by atoms with Crippen LogP contribution in [0, 0.1) is 3.57 Å². The van der Waals surface area contributed by atoms with Crippen LogP contribution in [0.2, 0.25) is 0 Å². The Labute approximate surface area is 300 Å². The van der Waals surface area contributed by atoms with E-state index in [1.54, 1.807) is 6.08 Å². The lowest BCUT2D eigenvalue weighted by Gasteiger charge is -2.33. The zero-order chi connectivity index (χ0) is 32.9. The highest BCUT2D eigenvalue weighted by Crippen LogP contribution is 2.53. The molecule has 2 spiro atoms. The molecular weight excluding hydrogens is 847 g/mol. The van der Waals surface area contributed by atoms with Crippen molar-refractivity contribution in [1.82, 2.24) is 0 Å². The predicted molar refractivity (Wildman–Crippen MR) is 192 cm³/mol. The summed E-state index contributed by atoms with van der Waals surface area (Å²) < 4.78 is 30.7. The van der Waals surface area contributed by atoms with E-state index in [1.165, 1.54) is 13.2 Å². The minimum absolute atomic E-state index is 0.138. The summed E-state index contributed by atoms with van der Waals surface area (Å²) in [6, 6.07) is 23.7. The van der Waals surface area contributed by atoms with Crippen molar-refractivity contribution in [1.29, 1.82) is 0 Å². The number of nitrogens with two attached hydrogens (primary N) is 2. The highest BCUT2D eigenvalue weighted by Gasteiger charge is 2.48. The molecule has 8 rings (SSSR count). The van der Waals surface area contributed by atoms with Gasteiger partial charge in [0, 0.05) is 40.8 Å². The lowest BCUT2D eigenvalue weighted by molar-refractivity contribution is -0.134. The van der Waals surface area contributed by atoms with Crippen molar-refractivity contribution >= 4 is 78.5 Å². The normalized spacial score (nSPS) is 21.0. The molecule has 4 N–H and O–H groups in total. The molecule has 4 aromatic carbocycles. The van der Waals surface area contributed by atoms with Crippen molar-refractivity contribution in [3.05, 3.63) is 119 Å². The molecule has 13 heteroatoms. The number of ether oxygens (including phenoxy) is 5. The van der Waals surface area contributed by atoms with Gasteiger partial charge in [-0.25, -0.2) is 14.8 Å². The van der Waals surface area contributed by atoms with Crippen molar-refractivity contribution in [2.75, 3.05) is 20.3 Å². The first-order chi connectivity index (χ1) is 22.6. The zero-order valence-electron chi connectivity index (χ0n) is 24.6. The average Bonchev–Trinajstić information content (AvgIpc) is 3.65. The third-order valence-electron chi connectivity index (χ3n) is 8.12. The van der Waals surface area contributed by atoms with Crippen LogP contribution in [0.4, 0.5) is 0 Å². The SMILES string of the molecule is COC(=O)/C=C/c1ccc2c(c1)[C@@]1(COC(N)=N1)c1cc(Br)ccc1O2.NC1=N[C@]2(CO1)c1cc(Br)ccc1Oc1ccc(I)cc12. The molecule has 0 bridgehead atoms. The number of nitrogens with zero attached hydrogens (tertiary/aromatic N) is 2. The average molecular weight is 872 g/mol. The Hall–Kier alpha value is -4.08. The number of methoxy groups -OCH3 is 1. The summed E-state index contributed by atoms with van der Waals surface area (Å²) in [5.74, 6) is 2.55. The molecule has 4 aliphatic heterocycles. The third-order valence-corrected chi connectivity index (χ3v) is 9.78. The van der Waals surface area contributed by atoms with Gasteiger partial charge in [0.15, 0.2) is 11.1 Å². The Balaban J connectivity index is 0.000000153. The van der Waals surface area contributed by atoms with E-state index in [4.69, 9.17) is 30.4 Å². The number of halogens is 3. The van der Waals surface area contributed by atoms with E-state index in [-0.39, 0.29) is 18.7 Å². The molecular formula is C34H25Br2IN4O6. The highest BCUT2D eigenvalue weighted by molar-refractivity contribution is 14.1. The van der Waals surface area contributed by atoms with Crippen LogP contribution < -0.4 is 20.9 Å². The number of benzene rings is 4. The van der Waals surface area contributed by atoms with Gasteiger partial charge >= 0.3 is 5.97 Å². The fourth-order valence-electron chi connectivity index (χ4n) is 5.98. The number of esters is 1. The molecule has 10 nitrogen and oxygen atoms in total. The Morgan fingerprint density at radius 1 is 0.766 bits per heavy atom. The van der Waals surface area contributed by atoms with E-state index in [0.29, 0.717) is 18.1 Å². The van der Waals surface area contributed by atoms with E-state index in [2.05, 4.69) is 75.2 Å². The second-order valence-electron chi connectivity index (χ2n) is 10.9. The van der Waals surface area contributed by atoms with Gasteiger partial charge in [-0.15, -0.1) is 0 Å². The molecule has 0 unspecified atom stereocenters. The molecule has 0 radical (unpaired) electrons.